The topological polar surface area (TPSA) is 88.3 Å². The second kappa shape index (κ2) is 8.67. The molecule has 2 amide bonds. The Kier molecular flexibility index (Phi) is 5.79. The molecular formula is C23H23FN4O3. The highest BCUT2D eigenvalue weighted by atomic mass is 19.1. The number of nitrogens with zero attached hydrogens (tertiary/aromatic N) is 3. The van der Waals surface area contributed by atoms with Crippen molar-refractivity contribution in [2.75, 3.05) is 18.4 Å². The highest BCUT2D eigenvalue weighted by molar-refractivity contribution is 6.04. The fourth-order valence-electron chi connectivity index (χ4n) is 3.87. The molecule has 160 valence electrons. The third-order valence-corrected chi connectivity index (χ3v) is 5.52. The number of nitrogens with one attached hydrogen (secondary N) is 1. The first-order valence-electron chi connectivity index (χ1n) is 10.2. The van der Waals surface area contributed by atoms with Crippen molar-refractivity contribution in [3.05, 3.63) is 76.7 Å². The number of likely N-dealkylation sites (tertiary alicyclic amines) is 1. The van der Waals surface area contributed by atoms with Crippen LogP contribution in [0, 0.1) is 19.7 Å². The zero-order chi connectivity index (χ0) is 22.0. The van der Waals surface area contributed by atoms with Crippen LogP contribution in [0.1, 0.15) is 56.6 Å². The smallest absolute Gasteiger partial charge is 0.259 e. The van der Waals surface area contributed by atoms with Crippen molar-refractivity contribution in [1.29, 1.82) is 0 Å². The molecule has 1 aliphatic heterocycles. The average Bonchev–Trinajstić information content (AvgIpc) is 3.13. The van der Waals surface area contributed by atoms with E-state index in [-0.39, 0.29) is 23.5 Å². The molecule has 4 rings (SSSR count). The monoisotopic (exact) mass is 422 g/mol. The maximum absolute atomic E-state index is 13.0. The number of carbonyl (C=O) groups is 2. The Labute approximate surface area is 179 Å². The summed E-state index contributed by atoms with van der Waals surface area (Å²) in [4.78, 5) is 31.7. The van der Waals surface area contributed by atoms with Gasteiger partial charge in [0.1, 0.15) is 17.1 Å². The molecule has 0 saturated carbocycles. The minimum absolute atomic E-state index is 0.0729. The summed E-state index contributed by atoms with van der Waals surface area (Å²) >= 11 is 0. The summed E-state index contributed by atoms with van der Waals surface area (Å²) in [5.74, 6) is -0.134. The number of rotatable bonds is 4. The molecule has 0 spiro atoms. The Morgan fingerprint density at radius 1 is 1.16 bits per heavy atom. The Morgan fingerprint density at radius 2 is 1.94 bits per heavy atom. The van der Waals surface area contributed by atoms with E-state index in [4.69, 9.17) is 4.52 Å². The van der Waals surface area contributed by atoms with Crippen molar-refractivity contribution in [2.24, 2.45) is 0 Å². The lowest BCUT2D eigenvalue weighted by atomic mass is 9.93. The van der Waals surface area contributed by atoms with Gasteiger partial charge < -0.3 is 14.7 Å². The standard InChI is InChI=1S/C23H23FN4O3/c1-14-21(15(2)31-27-14)23(30)28-11-3-4-17(13-28)20-10-5-16(12-25-20)22(29)26-19-8-6-18(24)7-9-19/h5-10,12,17H,3-4,11,13H2,1-2H3,(H,26,29). The molecule has 1 unspecified atom stereocenters. The van der Waals surface area contributed by atoms with E-state index in [1.165, 1.54) is 30.5 Å². The van der Waals surface area contributed by atoms with E-state index in [1.807, 2.05) is 11.0 Å². The zero-order valence-corrected chi connectivity index (χ0v) is 17.4. The third kappa shape index (κ3) is 4.47. The summed E-state index contributed by atoms with van der Waals surface area (Å²) in [6.07, 6.45) is 3.32. The van der Waals surface area contributed by atoms with Crippen LogP contribution in [0.5, 0.6) is 0 Å². The minimum Gasteiger partial charge on any atom is -0.361 e. The van der Waals surface area contributed by atoms with Crippen molar-refractivity contribution in [2.45, 2.75) is 32.6 Å². The number of pyridine rings is 1. The van der Waals surface area contributed by atoms with E-state index in [1.54, 1.807) is 19.9 Å². The van der Waals surface area contributed by atoms with Gasteiger partial charge in [0.2, 0.25) is 0 Å². The van der Waals surface area contributed by atoms with Gasteiger partial charge in [-0.3, -0.25) is 14.6 Å². The van der Waals surface area contributed by atoms with Crippen LogP contribution < -0.4 is 5.32 Å². The molecule has 31 heavy (non-hydrogen) atoms. The molecule has 0 aliphatic carbocycles. The summed E-state index contributed by atoms with van der Waals surface area (Å²) in [6, 6.07) is 9.12. The maximum atomic E-state index is 13.0. The predicted octanol–water partition coefficient (Wildman–Crippen LogP) is 4.10. The molecule has 1 fully saturated rings. The molecule has 8 heteroatoms. The molecule has 1 N–H and O–H groups in total. The first kappa shape index (κ1) is 20.7. The molecule has 1 atom stereocenters. The number of hydrogen-bond donors (Lipinski definition) is 1. The summed E-state index contributed by atoms with van der Waals surface area (Å²) < 4.78 is 18.1. The van der Waals surface area contributed by atoms with E-state index >= 15 is 0 Å². The van der Waals surface area contributed by atoms with Gasteiger partial charge in [-0.15, -0.1) is 0 Å². The van der Waals surface area contributed by atoms with Gasteiger partial charge in [0.05, 0.1) is 11.3 Å². The number of carbonyl (C=O) groups excluding carboxylic acids is 2. The lowest BCUT2D eigenvalue weighted by Gasteiger charge is -2.32. The van der Waals surface area contributed by atoms with E-state index in [0.29, 0.717) is 41.4 Å². The first-order valence-corrected chi connectivity index (χ1v) is 10.2. The van der Waals surface area contributed by atoms with Crippen molar-refractivity contribution in [3.8, 4) is 0 Å². The quantitative estimate of drug-likeness (QED) is 0.684. The summed E-state index contributed by atoms with van der Waals surface area (Å²) in [7, 11) is 0. The average molecular weight is 422 g/mol. The van der Waals surface area contributed by atoms with Crippen LogP contribution in [0.4, 0.5) is 10.1 Å². The van der Waals surface area contributed by atoms with E-state index in [9.17, 15) is 14.0 Å². The number of benzene rings is 1. The van der Waals surface area contributed by atoms with Crippen LogP contribution >= 0.6 is 0 Å². The lowest BCUT2D eigenvalue weighted by Crippen LogP contribution is -2.39. The zero-order valence-electron chi connectivity index (χ0n) is 17.4. The van der Waals surface area contributed by atoms with E-state index in [0.717, 1.165) is 18.5 Å². The number of amides is 2. The number of halogens is 1. The number of aromatic nitrogens is 2. The predicted molar refractivity (Wildman–Crippen MR) is 112 cm³/mol. The second-order valence-corrected chi connectivity index (χ2v) is 7.72. The van der Waals surface area contributed by atoms with Crippen molar-refractivity contribution in [1.82, 2.24) is 15.0 Å². The molecule has 1 saturated heterocycles. The van der Waals surface area contributed by atoms with Gasteiger partial charge in [0.15, 0.2) is 0 Å². The SMILES string of the molecule is Cc1noc(C)c1C(=O)N1CCCC(c2ccc(C(=O)Nc3ccc(F)cc3)cn2)C1. The van der Waals surface area contributed by atoms with Gasteiger partial charge in [-0.25, -0.2) is 4.39 Å². The van der Waals surface area contributed by atoms with E-state index in [2.05, 4.69) is 15.5 Å². The van der Waals surface area contributed by atoms with Gasteiger partial charge >= 0.3 is 0 Å². The summed E-state index contributed by atoms with van der Waals surface area (Å²) in [5.41, 5.74) is 2.89. The van der Waals surface area contributed by atoms with Crippen molar-refractivity contribution >= 4 is 17.5 Å². The van der Waals surface area contributed by atoms with Crippen molar-refractivity contribution < 1.29 is 18.5 Å². The third-order valence-electron chi connectivity index (χ3n) is 5.52. The second-order valence-electron chi connectivity index (χ2n) is 7.72. The number of hydrogen-bond acceptors (Lipinski definition) is 5. The molecule has 1 aromatic carbocycles. The maximum Gasteiger partial charge on any atom is 0.259 e. The normalized spacial score (nSPS) is 16.2. The molecule has 2 aromatic heterocycles. The van der Waals surface area contributed by atoms with Crippen molar-refractivity contribution in [3.63, 3.8) is 0 Å². The molecule has 3 heterocycles. The van der Waals surface area contributed by atoms with Gasteiger partial charge in [-0.05, 0) is 63.1 Å². The molecule has 7 nitrogen and oxygen atoms in total. The van der Waals surface area contributed by atoms with Crippen LogP contribution in [-0.4, -0.2) is 39.9 Å². The first-order chi connectivity index (χ1) is 14.9. The van der Waals surface area contributed by atoms with Gasteiger partial charge in [-0.2, -0.15) is 0 Å². The fourth-order valence-corrected chi connectivity index (χ4v) is 3.87. The van der Waals surface area contributed by atoms with Gasteiger partial charge in [0.25, 0.3) is 11.8 Å². The molecule has 0 radical (unpaired) electrons. The van der Waals surface area contributed by atoms with Crippen LogP contribution in [0.15, 0.2) is 47.1 Å². The largest absolute Gasteiger partial charge is 0.361 e. The highest BCUT2D eigenvalue weighted by Crippen LogP contribution is 2.28. The molecular weight excluding hydrogens is 399 g/mol. The molecule has 3 aromatic rings. The van der Waals surface area contributed by atoms with Gasteiger partial charge in [0, 0.05) is 36.6 Å². The minimum atomic E-state index is -0.363. The Hall–Kier alpha value is -3.55. The fraction of sp³-hybridized carbons (Fsp3) is 0.304. The van der Waals surface area contributed by atoms with Gasteiger partial charge in [-0.1, -0.05) is 5.16 Å². The lowest BCUT2D eigenvalue weighted by molar-refractivity contribution is 0.0703. The Morgan fingerprint density at radius 3 is 2.58 bits per heavy atom. The Balaban J connectivity index is 1.43. The summed E-state index contributed by atoms with van der Waals surface area (Å²) in [5, 5.41) is 6.60. The molecule has 1 aliphatic rings. The molecule has 0 bridgehead atoms. The van der Waals surface area contributed by atoms with E-state index < -0.39 is 0 Å². The number of piperidine rings is 1. The number of aryl methyl sites for hydroxylation is 2. The highest BCUT2D eigenvalue weighted by Gasteiger charge is 2.29. The van der Waals surface area contributed by atoms with Crippen LogP contribution in [0.25, 0.3) is 0 Å². The van der Waals surface area contributed by atoms with Crippen LogP contribution in [0.3, 0.4) is 0 Å². The summed E-state index contributed by atoms with van der Waals surface area (Å²) in [6.45, 7) is 4.74. The van der Waals surface area contributed by atoms with Crippen LogP contribution in [0.2, 0.25) is 0 Å². The Bertz CT molecular complexity index is 1070. The van der Waals surface area contributed by atoms with Crippen LogP contribution in [-0.2, 0) is 0 Å². The number of anilines is 1.